The van der Waals surface area contributed by atoms with Crippen LogP contribution in [-0.2, 0) is 18.3 Å². The number of amides is 1. The Hall–Kier alpha value is -1.76. The molecule has 4 rings (SSSR count). The molecule has 5 nitrogen and oxygen atoms in total. The molecule has 1 fully saturated rings. The van der Waals surface area contributed by atoms with E-state index in [4.69, 9.17) is 0 Å². The Morgan fingerprint density at radius 3 is 2.61 bits per heavy atom. The second-order valence-corrected chi connectivity index (χ2v) is 11.1. The van der Waals surface area contributed by atoms with E-state index in [-0.39, 0.29) is 11.4 Å². The molecule has 0 N–H and O–H groups in total. The molecule has 1 amide bonds. The molecule has 33 heavy (non-hydrogen) atoms. The number of nitrogens with zero attached hydrogens (tertiary/aromatic N) is 4. The van der Waals surface area contributed by atoms with Crippen LogP contribution in [0.1, 0.15) is 37.7 Å². The molecule has 0 unspecified atom stereocenters. The van der Waals surface area contributed by atoms with Gasteiger partial charge in [0, 0.05) is 67.9 Å². The SMILES string of the molecule is CN(CCCN1CCC(C2=CCCS2)(N(C)C)CC1)C(=O)CCc1cn(C)c2ccccc12. The van der Waals surface area contributed by atoms with Crippen LogP contribution in [0.25, 0.3) is 10.9 Å². The molecule has 0 spiro atoms. The largest absolute Gasteiger partial charge is 0.350 e. The summed E-state index contributed by atoms with van der Waals surface area (Å²) in [5.41, 5.74) is 2.74. The second kappa shape index (κ2) is 10.7. The number of piperidine rings is 1. The van der Waals surface area contributed by atoms with Crippen LogP contribution in [0, 0.1) is 0 Å². The van der Waals surface area contributed by atoms with Crippen LogP contribution < -0.4 is 0 Å². The molecular weight excluding hydrogens is 428 g/mol. The molecule has 6 heteroatoms. The molecule has 0 saturated carbocycles. The van der Waals surface area contributed by atoms with Crippen LogP contribution in [-0.4, -0.2) is 83.8 Å². The average molecular weight is 469 g/mol. The Labute approximate surface area is 203 Å². The van der Waals surface area contributed by atoms with E-state index in [0.29, 0.717) is 6.42 Å². The van der Waals surface area contributed by atoms with Crippen LogP contribution in [0.4, 0.5) is 0 Å². The van der Waals surface area contributed by atoms with Crippen molar-refractivity contribution in [1.29, 1.82) is 0 Å². The van der Waals surface area contributed by atoms with E-state index in [1.807, 2.05) is 11.9 Å². The number of likely N-dealkylation sites (N-methyl/N-ethyl adjacent to an activating group) is 1. The lowest BCUT2D eigenvalue weighted by Crippen LogP contribution is -2.53. The van der Waals surface area contributed by atoms with Crippen molar-refractivity contribution in [2.45, 2.75) is 44.1 Å². The zero-order valence-electron chi connectivity index (χ0n) is 20.8. The zero-order chi connectivity index (χ0) is 23.4. The van der Waals surface area contributed by atoms with Gasteiger partial charge >= 0.3 is 0 Å². The second-order valence-electron chi connectivity index (χ2n) is 9.92. The van der Waals surface area contributed by atoms with Crippen molar-refractivity contribution in [3.8, 4) is 0 Å². The maximum Gasteiger partial charge on any atom is 0.222 e. The summed E-state index contributed by atoms with van der Waals surface area (Å²) in [5, 5.41) is 1.26. The predicted octanol–water partition coefficient (Wildman–Crippen LogP) is 4.38. The van der Waals surface area contributed by atoms with Crippen molar-refractivity contribution in [3.63, 3.8) is 0 Å². The molecule has 0 radical (unpaired) electrons. The van der Waals surface area contributed by atoms with E-state index >= 15 is 0 Å². The third-order valence-electron chi connectivity index (χ3n) is 7.68. The molecule has 1 aromatic heterocycles. The molecule has 0 aliphatic carbocycles. The maximum atomic E-state index is 12.7. The van der Waals surface area contributed by atoms with E-state index < -0.39 is 0 Å². The first-order chi connectivity index (χ1) is 15.9. The summed E-state index contributed by atoms with van der Waals surface area (Å²) < 4.78 is 2.16. The van der Waals surface area contributed by atoms with Gasteiger partial charge in [-0.15, -0.1) is 11.8 Å². The molecular formula is C27H40N4OS. The minimum absolute atomic E-state index is 0.242. The minimum Gasteiger partial charge on any atom is -0.350 e. The Morgan fingerprint density at radius 1 is 1.15 bits per heavy atom. The lowest BCUT2D eigenvalue weighted by Gasteiger charge is -2.47. The normalized spacial score (nSPS) is 18.8. The fourth-order valence-corrected chi connectivity index (χ4v) is 6.86. The highest BCUT2D eigenvalue weighted by Gasteiger charge is 2.40. The van der Waals surface area contributed by atoms with Crippen molar-refractivity contribution in [1.82, 2.24) is 19.3 Å². The van der Waals surface area contributed by atoms with Gasteiger partial charge in [0.25, 0.3) is 0 Å². The Kier molecular flexibility index (Phi) is 7.87. The van der Waals surface area contributed by atoms with Crippen LogP contribution >= 0.6 is 11.8 Å². The van der Waals surface area contributed by atoms with Gasteiger partial charge < -0.3 is 14.4 Å². The van der Waals surface area contributed by atoms with Crippen LogP contribution in [0.2, 0.25) is 0 Å². The topological polar surface area (TPSA) is 31.7 Å². The van der Waals surface area contributed by atoms with Gasteiger partial charge in [0.2, 0.25) is 5.91 Å². The van der Waals surface area contributed by atoms with E-state index in [0.717, 1.165) is 39.0 Å². The summed E-state index contributed by atoms with van der Waals surface area (Å²) in [6, 6.07) is 8.44. The Morgan fingerprint density at radius 2 is 1.91 bits per heavy atom. The number of likely N-dealkylation sites (tertiary alicyclic amines) is 1. The molecule has 2 aromatic rings. The minimum atomic E-state index is 0.242. The van der Waals surface area contributed by atoms with E-state index in [1.54, 1.807) is 4.91 Å². The van der Waals surface area contributed by atoms with Gasteiger partial charge in [-0.1, -0.05) is 24.3 Å². The van der Waals surface area contributed by atoms with Gasteiger partial charge in [0.05, 0.1) is 5.54 Å². The predicted molar refractivity (Wildman–Crippen MR) is 141 cm³/mol. The highest BCUT2D eigenvalue weighted by Crippen LogP contribution is 2.43. The molecule has 1 aromatic carbocycles. The van der Waals surface area contributed by atoms with Crippen molar-refractivity contribution >= 4 is 28.6 Å². The smallest absolute Gasteiger partial charge is 0.222 e. The fourth-order valence-electron chi connectivity index (χ4n) is 5.52. The maximum absolute atomic E-state index is 12.7. The van der Waals surface area contributed by atoms with Crippen molar-refractivity contribution in [2.75, 3.05) is 53.1 Å². The highest BCUT2D eigenvalue weighted by molar-refractivity contribution is 8.03. The first-order valence-corrected chi connectivity index (χ1v) is 13.4. The molecule has 180 valence electrons. The first kappa shape index (κ1) is 24.4. The molecule has 2 aliphatic rings. The Balaban J connectivity index is 1.20. The highest BCUT2D eigenvalue weighted by atomic mass is 32.2. The summed E-state index contributed by atoms with van der Waals surface area (Å²) in [4.78, 5) is 21.3. The number of fused-ring (bicyclic) bond motifs is 1. The number of benzene rings is 1. The lowest BCUT2D eigenvalue weighted by molar-refractivity contribution is -0.129. The first-order valence-electron chi connectivity index (χ1n) is 12.4. The van der Waals surface area contributed by atoms with Crippen LogP contribution in [0.15, 0.2) is 41.4 Å². The lowest BCUT2D eigenvalue weighted by atomic mass is 9.85. The standard InChI is InChI=1S/C27H40N4OS/c1-28(2)27(25-11-7-20-33-25)14-18-31(19-15-27)17-8-16-29(3)26(32)13-12-22-21-30(4)24-10-6-5-9-23(22)24/h5-6,9-11,21H,7-8,12-20H2,1-4H3. The van der Waals surface area contributed by atoms with E-state index in [2.05, 4.69) is 83.8 Å². The average Bonchev–Trinajstić information content (AvgIpc) is 3.47. The number of hydrogen-bond acceptors (Lipinski definition) is 4. The Bertz CT molecular complexity index is 987. The van der Waals surface area contributed by atoms with Gasteiger partial charge in [-0.2, -0.15) is 0 Å². The zero-order valence-corrected chi connectivity index (χ0v) is 21.7. The summed E-state index contributed by atoms with van der Waals surface area (Å²) in [6.07, 6.45) is 10.7. The van der Waals surface area contributed by atoms with E-state index in [1.165, 1.54) is 41.5 Å². The number of carbonyl (C=O) groups excluding carboxylic acids is 1. The molecule has 3 heterocycles. The van der Waals surface area contributed by atoms with Gasteiger partial charge in [-0.25, -0.2) is 0 Å². The fraction of sp³-hybridized carbons (Fsp3) is 0.593. The van der Waals surface area contributed by atoms with Crippen molar-refractivity contribution < 1.29 is 4.79 Å². The quantitative estimate of drug-likeness (QED) is 0.547. The number of carbonyl (C=O) groups is 1. The van der Waals surface area contributed by atoms with Crippen LogP contribution in [0.3, 0.4) is 0 Å². The molecule has 1 saturated heterocycles. The van der Waals surface area contributed by atoms with Gasteiger partial charge in [0.15, 0.2) is 0 Å². The van der Waals surface area contributed by atoms with Gasteiger partial charge in [-0.05, 0) is 64.4 Å². The molecule has 2 aliphatic heterocycles. The number of rotatable bonds is 9. The third-order valence-corrected chi connectivity index (χ3v) is 8.98. The van der Waals surface area contributed by atoms with Crippen molar-refractivity contribution in [2.24, 2.45) is 7.05 Å². The summed E-state index contributed by atoms with van der Waals surface area (Å²) >= 11 is 2.06. The number of thioether (sulfide) groups is 1. The number of aryl methyl sites for hydroxylation is 2. The third kappa shape index (κ3) is 5.33. The van der Waals surface area contributed by atoms with Gasteiger partial charge in [0.1, 0.15) is 0 Å². The van der Waals surface area contributed by atoms with Crippen molar-refractivity contribution in [3.05, 3.63) is 47.0 Å². The summed E-state index contributed by atoms with van der Waals surface area (Å²) in [7, 11) is 8.53. The summed E-state index contributed by atoms with van der Waals surface area (Å²) in [6.45, 7) is 4.21. The molecule has 0 bridgehead atoms. The number of para-hydroxylation sites is 1. The number of hydrogen-bond donors (Lipinski definition) is 0. The molecule has 0 atom stereocenters. The van der Waals surface area contributed by atoms with E-state index in [9.17, 15) is 4.79 Å². The van der Waals surface area contributed by atoms with Gasteiger partial charge in [-0.3, -0.25) is 9.69 Å². The monoisotopic (exact) mass is 468 g/mol. The number of aromatic nitrogens is 1. The number of allylic oxidation sites excluding steroid dienone is 1. The summed E-state index contributed by atoms with van der Waals surface area (Å²) in [5.74, 6) is 1.49. The van der Waals surface area contributed by atoms with Crippen LogP contribution in [0.5, 0.6) is 0 Å².